The van der Waals surface area contributed by atoms with Crippen LogP contribution in [0.3, 0.4) is 0 Å². The highest BCUT2D eigenvalue weighted by Crippen LogP contribution is 2.35. The second kappa shape index (κ2) is 11.1. The molecule has 0 heterocycles. The van der Waals surface area contributed by atoms with Gasteiger partial charge >= 0.3 is 0 Å². The summed E-state index contributed by atoms with van der Waals surface area (Å²) in [7, 11) is 0. The normalized spacial score (nSPS) is 11.7. The average Bonchev–Trinajstić information content (AvgIpc) is 2.64. The van der Waals surface area contributed by atoms with Crippen LogP contribution in [0.4, 0.5) is 17.1 Å². The van der Waals surface area contributed by atoms with E-state index in [1.54, 1.807) is 4.90 Å². The average molecular weight is 514 g/mol. The van der Waals surface area contributed by atoms with Gasteiger partial charge in [-0.25, -0.2) is 0 Å². The maximum atomic E-state index is 12.3. The number of amides is 1. The van der Waals surface area contributed by atoms with Gasteiger partial charge in [-0.1, -0.05) is 31.9 Å². The number of alkyl halides is 2. The summed E-state index contributed by atoms with van der Waals surface area (Å²) < 4.78 is 0. The van der Waals surface area contributed by atoms with Gasteiger partial charge in [-0.2, -0.15) is 0 Å². The molecule has 0 aliphatic carbocycles. The summed E-state index contributed by atoms with van der Waals surface area (Å²) in [5.41, 5.74) is -1.52. The fourth-order valence-electron chi connectivity index (χ4n) is 2.23. The van der Waals surface area contributed by atoms with Crippen molar-refractivity contribution in [2.75, 3.05) is 41.8 Å². The first-order valence-electron chi connectivity index (χ1n) is 7.67. The number of carbonyl (C=O) groups excluding carboxylic acids is 1. The molecule has 0 bridgehead atoms. The number of nitrogens with one attached hydrogen (secondary N) is 1. The van der Waals surface area contributed by atoms with Crippen molar-refractivity contribution in [3.8, 4) is 0 Å². The SMILES string of the molecule is O=C(NCC(O)CO)c1cc(N(CCBr)CCBr)c([N+](=O)[O-])cc1[N+](=O)[O-]. The fraction of sp³-hybridized carbons (Fsp3) is 0.500. The van der Waals surface area contributed by atoms with Gasteiger partial charge in [0.1, 0.15) is 11.3 Å². The quantitative estimate of drug-likeness (QED) is 0.226. The second-order valence-electron chi connectivity index (χ2n) is 5.28. The first-order chi connectivity index (χ1) is 12.8. The minimum Gasteiger partial charge on any atom is -0.394 e. The Bertz CT molecular complexity index is 698. The number of hydrogen-bond acceptors (Lipinski definition) is 8. The maximum Gasteiger partial charge on any atom is 0.299 e. The zero-order valence-corrected chi connectivity index (χ0v) is 17.2. The monoisotopic (exact) mass is 512 g/mol. The summed E-state index contributed by atoms with van der Waals surface area (Å²) in [6.07, 6.45) is -1.23. The Morgan fingerprint density at radius 3 is 2.15 bits per heavy atom. The fourth-order valence-corrected chi connectivity index (χ4v) is 3.08. The highest BCUT2D eigenvalue weighted by molar-refractivity contribution is 9.09. The van der Waals surface area contributed by atoms with Gasteiger partial charge in [0.15, 0.2) is 0 Å². The van der Waals surface area contributed by atoms with Crippen molar-refractivity contribution in [1.82, 2.24) is 5.32 Å². The molecular formula is C14H18Br2N4O7. The summed E-state index contributed by atoms with van der Waals surface area (Å²) in [6, 6.07) is 1.85. The van der Waals surface area contributed by atoms with Gasteiger partial charge in [0, 0.05) is 30.3 Å². The molecule has 1 atom stereocenters. The van der Waals surface area contributed by atoms with Crippen LogP contribution in [0.5, 0.6) is 0 Å². The van der Waals surface area contributed by atoms with Crippen molar-refractivity contribution in [1.29, 1.82) is 0 Å². The van der Waals surface area contributed by atoms with E-state index in [1.165, 1.54) is 0 Å². The number of nitro benzene ring substituents is 2. The van der Waals surface area contributed by atoms with Crippen molar-refractivity contribution in [2.24, 2.45) is 0 Å². The Kier molecular flexibility index (Phi) is 9.55. The Labute approximate surface area is 170 Å². The molecule has 1 amide bonds. The summed E-state index contributed by atoms with van der Waals surface area (Å²) in [5.74, 6) is -0.886. The number of rotatable bonds is 11. The van der Waals surface area contributed by atoms with Gasteiger partial charge < -0.3 is 20.4 Å². The van der Waals surface area contributed by atoms with Gasteiger partial charge in [0.05, 0.1) is 28.6 Å². The van der Waals surface area contributed by atoms with Gasteiger partial charge in [-0.15, -0.1) is 0 Å². The molecule has 0 saturated carbocycles. The minimum absolute atomic E-state index is 0.0670. The molecule has 0 aliphatic rings. The number of carbonyl (C=O) groups is 1. The number of anilines is 1. The third kappa shape index (κ3) is 6.37. The molecular weight excluding hydrogens is 496 g/mol. The van der Waals surface area contributed by atoms with Crippen molar-refractivity contribution in [3.05, 3.63) is 37.9 Å². The van der Waals surface area contributed by atoms with E-state index in [4.69, 9.17) is 5.11 Å². The standard InChI is InChI=1S/C14H18Br2N4O7/c15-1-3-18(4-2-16)12-5-10(14(23)17-7-9(22)8-21)11(19(24)25)6-13(12)20(26)27/h5-6,9,21-22H,1-4,7-8H2,(H,17,23). The second-order valence-corrected chi connectivity index (χ2v) is 6.87. The number of halogens is 2. The lowest BCUT2D eigenvalue weighted by Crippen LogP contribution is -2.34. The lowest BCUT2D eigenvalue weighted by atomic mass is 10.1. The Morgan fingerprint density at radius 1 is 1.15 bits per heavy atom. The molecule has 0 saturated heterocycles. The van der Waals surface area contributed by atoms with Crippen molar-refractivity contribution >= 4 is 54.8 Å². The lowest BCUT2D eigenvalue weighted by molar-refractivity contribution is -0.393. The number of nitro groups is 2. The van der Waals surface area contributed by atoms with Crippen LogP contribution in [0.1, 0.15) is 10.4 Å². The summed E-state index contributed by atoms with van der Waals surface area (Å²) in [4.78, 5) is 35.1. The maximum absolute atomic E-state index is 12.3. The smallest absolute Gasteiger partial charge is 0.299 e. The predicted molar refractivity (Wildman–Crippen MR) is 105 cm³/mol. The Morgan fingerprint density at radius 2 is 1.70 bits per heavy atom. The summed E-state index contributed by atoms with van der Waals surface area (Å²) >= 11 is 6.49. The molecule has 3 N–H and O–H groups in total. The van der Waals surface area contributed by atoms with E-state index < -0.39 is 39.8 Å². The van der Waals surface area contributed by atoms with Crippen molar-refractivity contribution in [3.63, 3.8) is 0 Å². The van der Waals surface area contributed by atoms with Crippen LogP contribution in [0.25, 0.3) is 0 Å². The molecule has 0 spiro atoms. The Balaban J connectivity index is 3.47. The van der Waals surface area contributed by atoms with Crippen LogP contribution in [-0.2, 0) is 0 Å². The summed E-state index contributed by atoms with van der Waals surface area (Å²) in [5, 5.41) is 44.1. The van der Waals surface area contributed by atoms with Gasteiger partial charge in [0.2, 0.25) is 0 Å². The van der Waals surface area contributed by atoms with Gasteiger partial charge in [0.25, 0.3) is 17.3 Å². The van der Waals surface area contributed by atoms with Crippen LogP contribution in [0, 0.1) is 20.2 Å². The number of nitrogens with zero attached hydrogens (tertiary/aromatic N) is 3. The predicted octanol–water partition coefficient (Wildman–Crippen LogP) is 1.18. The highest BCUT2D eigenvalue weighted by atomic mass is 79.9. The molecule has 0 aromatic heterocycles. The topological polar surface area (TPSA) is 159 Å². The highest BCUT2D eigenvalue weighted by Gasteiger charge is 2.30. The number of hydrogen-bond donors (Lipinski definition) is 3. The third-order valence-corrected chi connectivity index (χ3v) is 4.20. The molecule has 1 rings (SSSR count). The molecule has 1 unspecified atom stereocenters. The number of aliphatic hydroxyl groups excluding tert-OH is 2. The summed E-state index contributed by atoms with van der Waals surface area (Å²) in [6.45, 7) is -0.188. The van der Waals surface area contributed by atoms with Gasteiger partial charge in [-0.3, -0.25) is 25.0 Å². The number of benzene rings is 1. The number of aliphatic hydroxyl groups is 2. The molecule has 1 aromatic carbocycles. The largest absolute Gasteiger partial charge is 0.394 e. The van der Waals surface area contributed by atoms with Crippen LogP contribution in [-0.4, -0.2) is 69.0 Å². The van der Waals surface area contributed by atoms with E-state index in [0.29, 0.717) is 23.7 Å². The molecule has 150 valence electrons. The van der Waals surface area contributed by atoms with E-state index in [-0.39, 0.29) is 17.8 Å². The van der Waals surface area contributed by atoms with Crippen LogP contribution in [0.15, 0.2) is 12.1 Å². The molecule has 0 aliphatic heterocycles. The van der Waals surface area contributed by atoms with E-state index in [0.717, 1.165) is 12.1 Å². The van der Waals surface area contributed by atoms with Gasteiger partial charge in [-0.05, 0) is 6.07 Å². The molecule has 13 heteroatoms. The van der Waals surface area contributed by atoms with Crippen molar-refractivity contribution < 1.29 is 24.9 Å². The van der Waals surface area contributed by atoms with Crippen molar-refractivity contribution in [2.45, 2.75) is 6.10 Å². The van der Waals surface area contributed by atoms with Crippen LogP contribution in [0.2, 0.25) is 0 Å². The van der Waals surface area contributed by atoms with E-state index in [9.17, 15) is 30.1 Å². The van der Waals surface area contributed by atoms with Crippen LogP contribution < -0.4 is 10.2 Å². The van der Waals surface area contributed by atoms with E-state index >= 15 is 0 Å². The first kappa shape index (κ1) is 23.2. The molecule has 0 fully saturated rings. The molecule has 11 nitrogen and oxygen atoms in total. The Hall–Kier alpha value is -1.83. The zero-order valence-electron chi connectivity index (χ0n) is 14.0. The lowest BCUT2D eigenvalue weighted by Gasteiger charge is -2.23. The van der Waals surface area contributed by atoms with E-state index in [1.807, 2.05) is 0 Å². The zero-order chi connectivity index (χ0) is 20.6. The van der Waals surface area contributed by atoms with E-state index in [2.05, 4.69) is 37.2 Å². The minimum atomic E-state index is -1.23. The molecule has 0 radical (unpaired) electrons. The molecule has 27 heavy (non-hydrogen) atoms. The first-order valence-corrected chi connectivity index (χ1v) is 9.91. The third-order valence-electron chi connectivity index (χ3n) is 3.49. The van der Waals surface area contributed by atoms with Crippen LogP contribution >= 0.6 is 31.9 Å². The molecule has 1 aromatic rings.